The molecule has 7 heteroatoms. The maximum atomic E-state index is 14.2. The molecule has 27 heavy (non-hydrogen) atoms. The van der Waals surface area contributed by atoms with Crippen molar-refractivity contribution in [1.82, 2.24) is 15.1 Å². The average Bonchev–Trinajstić information content (AvgIpc) is 2.65. The Kier molecular flexibility index (Phi) is 8.44. The van der Waals surface area contributed by atoms with Crippen molar-refractivity contribution in [2.75, 3.05) is 54.5 Å². The van der Waals surface area contributed by atoms with E-state index in [-0.39, 0.29) is 5.56 Å². The smallest absolute Gasteiger partial charge is 0.193 e. The Morgan fingerprint density at radius 1 is 1.22 bits per heavy atom. The third-order valence-electron chi connectivity index (χ3n) is 5.20. The van der Waals surface area contributed by atoms with Crippen LogP contribution >= 0.6 is 0 Å². The summed E-state index contributed by atoms with van der Waals surface area (Å²) in [6.07, 6.45) is 3.30. The van der Waals surface area contributed by atoms with Crippen LogP contribution in [0.3, 0.4) is 0 Å². The molecule has 0 aromatic heterocycles. The van der Waals surface area contributed by atoms with Crippen molar-refractivity contribution in [3.05, 3.63) is 35.4 Å². The van der Waals surface area contributed by atoms with Crippen LogP contribution in [0.25, 0.3) is 0 Å². The number of benzene rings is 1. The van der Waals surface area contributed by atoms with E-state index in [4.69, 9.17) is 4.74 Å². The van der Waals surface area contributed by atoms with Crippen LogP contribution in [0.5, 0.6) is 0 Å². The van der Waals surface area contributed by atoms with Gasteiger partial charge >= 0.3 is 0 Å². The van der Waals surface area contributed by atoms with Crippen LogP contribution in [0.4, 0.5) is 8.78 Å². The number of hydrogen-bond donors (Lipinski definition) is 1. The van der Waals surface area contributed by atoms with Gasteiger partial charge in [0.2, 0.25) is 0 Å². The second-order valence-electron chi connectivity index (χ2n) is 7.31. The summed E-state index contributed by atoms with van der Waals surface area (Å²) in [6.45, 7) is 2.93. The average molecular weight is 382 g/mol. The van der Waals surface area contributed by atoms with Crippen molar-refractivity contribution in [2.24, 2.45) is 10.9 Å². The van der Waals surface area contributed by atoms with E-state index in [0.29, 0.717) is 12.5 Å². The standard InChI is InChI=1S/C20H32F2N4O/c1-23-20(26(4)11-8-15-9-12-27-13-10-15)24-14-18(25(2)3)19-16(21)6-5-7-17(19)22/h5-7,15,18H,8-14H2,1-4H3,(H,23,24). The van der Waals surface area contributed by atoms with Crippen LogP contribution in [-0.4, -0.2) is 70.3 Å². The lowest BCUT2D eigenvalue weighted by atomic mass is 9.96. The van der Waals surface area contributed by atoms with Gasteiger partial charge in [0.05, 0.1) is 6.04 Å². The molecule has 0 bridgehead atoms. The molecule has 1 aromatic carbocycles. The molecule has 152 valence electrons. The summed E-state index contributed by atoms with van der Waals surface area (Å²) in [5, 5.41) is 3.27. The van der Waals surface area contributed by atoms with E-state index in [1.54, 1.807) is 7.05 Å². The molecular weight excluding hydrogens is 350 g/mol. The quantitative estimate of drug-likeness (QED) is 0.582. The molecule has 0 saturated carbocycles. The van der Waals surface area contributed by atoms with Gasteiger partial charge in [-0.3, -0.25) is 4.99 Å². The first kappa shape index (κ1) is 21.6. The van der Waals surface area contributed by atoms with E-state index < -0.39 is 17.7 Å². The van der Waals surface area contributed by atoms with E-state index in [1.807, 2.05) is 26.0 Å². The Labute approximate surface area is 161 Å². The van der Waals surface area contributed by atoms with Gasteiger partial charge in [0.1, 0.15) is 11.6 Å². The number of rotatable bonds is 7. The molecule has 1 N–H and O–H groups in total. The van der Waals surface area contributed by atoms with E-state index in [0.717, 1.165) is 45.0 Å². The molecule has 1 aliphatic rings. The van der Waals surface area contributed by atoms with Gasteiger partial charge in [-0.15, -0.1) is 0 Å². The highest BCUT2D eigenvalue weighted by molar-refractivity contribution is 5.79. The summed E-state index contributed by atoms with van der Waals surface area (Å²) in [4.78, 5) is 8.20. The molecule has 1 atom stereocenters. The predicted molar refractivity (Wildman–Crippen MR) is 105 cm³/mol. The summed E-state index contributed by atoms with van der Waals surface area (Å²) in [6, 6.07) is 3.54. The van der Waals surface area contributed by atoms with Gasteiger partial charge in [0.15, 0.2) is 5.96 Å². The molecule has 1 unspecified atom stereocenters. The van der Waals surface area contributed by atoms with E-state index >= 15 is 0 Å². The Morgan fingerprint density at radius 2 is 1.85 bits per heavy atom. The third kappa shape index (κ3) is 6.14. The Morgan fingerprint density at radius 3 is 2.41 bits per heavy atom. The molecule has 0 spiro atoms. The maximum absolute atomic E-state index is 14.2. The minimum atomic E-state index is -0.529. The molecule has 1 saturated heterocycles. The fraction of sp³-hybridized carbons (Fsp3) is 0.650. The van der Waals surface area contributed by atoms with Crippen LogP contribution < -0.4 is 5.32 Å². The molecular formula is C20H32F2N4O. The zero-order valence-electron chi connectivity index (χ0n) is 16.8. The van der Waals surface area contributed by atoms with Crippen molar-refractivity contribution in [1.29, 1.82) is 0 Å². The van der Waals surface area contributed by atoms with Crippen molar-refractivity contribution >= 4 is 5.96 Å². The van der Waals surface area contributed by atoms with Crippen LogP contribution in [0.2, 0.25) is 0 Å². The molecule has 0 amide bonds. The molecule has 1 aromatic rings. The summed E-state index contributed by atoms with van der Waals surface area (Å²) in [7, 11) is 7.34. The van der Waals surface area contributed by atoms with Gasteiger partial charge in [-0.1, -0.05) is 6.07 Å². The van der Waals surface area contributed by atoms with Gasteiger partial charge in [-0.05, 0) is 51.4 Å². The predicted octanol–water partition coefficient (Wildman–Crippen LogP) is 2.89. The van der Waals surface area contributed by atoms with Gasteiger partial charge in [0, 0.05) is 46.0 Å². The van der Waals surface area contributed by atoms with E-state index in [9.17, 15) is 8.78 Å². The van der Waals surface area contributed by atoms with Crippen LogP contribution in [0, 0.1) is 17.6 Å². The summed E-state index contributed by atoms with van der Waals surface area (Å²) >= 11 is 0. The van der Waals surface area contributed by atoms with Crippen molar-refractivity contribution in [3.8, 4) is 0 Å². The number of ether oxygens (including phenoxy) is 1. The Hall–Kier alpha value is -1.73. The highest BCUT2D eigenvalue weighted by Gasteiger charge is 2.23. The second-order valence-corrected chi connectivity index (χ2v) is 7.31. The van der Waals surface area contributed by atoms with Crippen molar-refractivity contribution < 1.29 is 13.5 Å². The second kappa shape index (κ2) is 10.6. The SMILES string of the molecule is CN=C(NCC(c1c(F)cccc1F)N(C)C)N(C)CCC1CCOCC1. The lowest BCUT2D eigenvalue weighted by Crippen LogP contribution is -2.43. The number of guanidine groups is 1. The Balaban J connectivity index is 1.95. The first-order valence-corrected chi connectivity index (χ1v) is 9.54. The van der Waals surface area contributed by atoms with Gasteiger partial charge in [-0.2, -0.15) is 0 Å². The molecule has 1 heterocycles. The number of likely N-dealkylation sites (N-methyl/N-ethyl adjacent to an activating group) is 1. The lowest BCUT2D eigenvalue weighted by molar-refractivity contribution is 0.0625. The maximum Gasteiger partial charge on any atom is 0.193 e. The van der Waals surface area contributed by atoms with E-state index in [1.165, 1.54) is 18.2 Å². The molecule has 0 radical (unpaired) electrons. The molecule has 1 fully saturated rings. The largest absolute Gasteiger partial charge is 0.381 e. The third-order valence-corrected chi connectivity index (χ3v) is 5.20. The van der Waals surface area contributed by atoms with Crippen LogP contribution in [0.1, 0.15) is 30.9 Å². The highest BCUT2D eigenvalue weighted by atomic mass is 19.1. The number of nitrogens with one attached hydrogen (secondary N) is 1. The molecule has 2 rings (SSSR count). The Bertz CT molecular complexity index is 598. The van der Waals surface area contributed by atoms with Crippen molar-refractivity contribution in [2.45, 2.75) is 25.3 Å². The van der Waals surface area contributed by atoms with Gasteiger partial charge in [-0.25, -0.2) is 8.78 Å². The minimum Gasteiger partial charge on any atom is -0.381 e. The fourth-order valence-electron chi connectivity index (χ4n) is 3.46. The number of hydrogen-bond acceptors (Lipinski definition) is 3. The van der Waals surface area contributed by atoms with E-state index in [2.05, 4.69) is 15.2 Å². The van der Waals surface area contributed by atoms with Gasteiger partial charge < -0.3 is 19.9 Å². The number of nitrogens with zero attached hydrogens (tertiary/aromatic N) is 3. The zero-order chi connectivity index (χ0) is 19.8. The minimum absolute atomic E-state index is 0.0790. The first-order valence-electron chi connectivity index (χ1n) is 9.54. The first-order chi connectivity index (χ1) is 12.9. The summed E-state index contributed by atoms with van der Waals surface area (Å²) in [5.74, 6) is 0.351. The fourth-order valence-corrected chi connectivity index (χ4v) is 3.46. The molecule has 0 aliphatic carbocycles. The highest BCUT2D eigenvalue weighted by Crippen LogP contribution is 2.24. The topological polar surface area (TPSA) is 40.1 Å². The molecule has 5 nitrogen and oxygen atoms in total. The zero-order valence-corrected chi connectivity index (χ0v) is 16.8. The normalized spacial score (nSPS) is 17.2. The monoisotopic (exact) mass is 382 g/mol. The van der Waals surface area contributed by atoms with Gasteiger partial charge in [0.25, 0.3) is 0 Å². The van der Waals surface area contributed by atoms with Crippen LogP contribution in [-0.2, 0) is 4.74 Å². The van der Waals surface area contributed by atoms with Crippen molar-refractivity contribution in [3.63, 3.8) is 0 Å². The van der Waals surface area contributed by atoms with Crippen LogP contribution in [0.15, 0.2) is 23.2 Å². The lowest BCUT2D eigenvalue weighted by Gasteiger charge is -2.30. The molecule has 1 aliphatic heterocycles. The number of aliphatic imine (C=N–C) groups is 1. The summed E-state index contributed by atoms with van der Waals surface area (Å²) < 4.78 is 33.8. The summed E-state index contributed by atoms with van der Waals surface area (Å²) in [5.41, 5.74) is 0.0790. The number of halogens is 2.